The minimum Gasteiger partial charge on any atom is -0.385 e. The van der Waals surface area contributed by atoms with Crippen LogP contribution in [-0.2, 0) is 10.3 Å². The van der Waals surface area contributed by atoms with E-state index in [9.17, 15) is 14.3 Å². The molecule has 1 heterocycles. The lowest BCUT2D eigenvalue weighted by atomic mass is 9.73. The van der Waals surface area contributed by atoms with Gasteiger partial charge >= 0.3 is 6.03 Å². The number of methoxy groups -OCH3 is 1. The highest BCUT2D eigenvalue weighted by molar-refractivity contribution is 5.74. The van der Waals surface area contributed by atoms with Gasteiger partial charge in [-0.15, -0.1) is 0 Å². The summed E-state index contributed by atoms with van der Waals surface area (Å²) >= 11 is 0. The normalized spacial score (nSPS) is 21.7. The number of nitrogens with one attached hydrogen (secondary N) is 2. The number of likely N-dealkylation sites (tertiary alicyclic amines) is 1. The number of hydrogen-bond acceptors (Lipinski definition) is 4. The fourth-order valence-electron chi connectivity index (χ4n) is 6.36. The van der Waals surface area contributed by atoms with Gasteiger partial charge in [0.05, 0.1) is 5.60 Å². The van der Waals surface area contributed by atoms with Gasteiger partial charge in [0.1, 0.15) is 5.82 Å². The van der Waals surface area contributed by atoms with Crippen LogP contribution in [-0.4, -0.2) is 62.5 Å². The minimum atomic E-state index is -1.19. The molecule has 1 saturated carbocycles. The molecule has 2 fully saturated rings. The van der Waals surface area contributed by atoms with E-state index >= 15 is 0 Å². The Hall–Kier alpha value is -1.70. The summed E-state index contributed by atoms with van der Waals surface area (Å²) in [6.07, 6.45) is 11.2. The molecule has 1 aliphatic carbocycles. The third kappa shape index (κ3) is 7.65. The van der Waals surface area contributed by atoms with E-state index in [1.54, 1.807) is 20.1 Å². The van der Waals surface area contributed by atoms with Gasteiger partial charge in [-0.3, -0.25) is 0 Å². The maximum Gasteiger partial charge on any atom is 0.317 e. The average Bonchev–Trinajstić information content (AvgIpc) is 2.89. The first kappa shape index (κ1) is 28.9. The standard InChI is InChI=1S/C29H48FN3O3/c1-22-26(14-9-15-27(22)30)29(35,16-7-8-18-36-3)24-13-10-17-33(21-24)28(34)32-25(20-31-2)19-23-11-5-4-6-12-23/h9,14-15,23-25,31,35H,4-8,10-13,16-21H2,1-3H3,(H,32,34)/t24-,25?,29-/m1/s1. The molecule has 3 N–H and O–H groups in total. The topological polar surface area (TPSA) is 73.8 Å². The Morgan fingerprint density at radius 2 is 2.00 bits per heavy atom. The number of amides is 2. The number of rotatable bonds is 12. The molecule has 6 nitrogen and oxygen atoms in total. The van der Waals surface area contributed by atoms with Crippen LogP contribution in [0.1, 0.15) is 81.8 Å². The second-order valence-corrected chi connectivity index (χ2v) is 11.0. The van der Waals surface area contributed by atoms with Gasteiger partial charge in [-0.25, -0.2) is 9.18 Å². The summed E-state index contributed by atoms with van der Waals surface area (Å²) < 4.78 is 19.7. The van der Waals surface area contributed by atoms with Crippen LogP contribution in [0.4, 0.5) is 9.18 Å². The highest BCUT2D eigenvalue weighted by Crippen LogP contribution is 2.41. The van der Waals surface area contributed by atoms with Crippen molar-refractivity contribution in [1.82, 2.24) is 15.5 Å². The van der Waals surface area contributed by atoms with Crippen LogP contribution in [0, 0.1) is 24.6 Å². The summed E-state index contributed by atoms with van der Waals surface area (Å²) in [4.78, 5) is 15.3. The highest BCUT2D eigenvalue weighted by atomic mass is 19.1. The first-order valence-corrected chi connectivity index (χ1v) is 14.1. The summed E-state index contributed by atoms with van der Waals surface area (Å²) in [5, 5.41) is 18.7. The van der Waals surface area contributed by atoms with Crippen molar-refractivity contribution in [2.45, 2.75) is 89.2 Å². The highest BCUT2D eigenvalue weighted by Gasteiger charge is 2.42. The van der Waals surface area contributed by atoms with Gasteiger partial charge in [0.15, 0.2) is 0 Å². The molecule has 1 aromatic rings. The van der Waals surface area contributed by atoms with E-state index in [1.807, 2.05) is 18.0 Å². The molecule has 0 bridgehead atoms. The number of likely N-dealkylation sites (N-methyl/N-ethyl adjacent to an activating group) is 1. The zero-order valence-electron chi connectivity index (χ0n) is 22.7. The number of carbonyl (C=O) groups excluding carboxylic acids is 1. The number of aliphatic hydroxyl groups is 1. The minimum absolute atomic E-state index is 0.0477. The molecule has 0 aromatic heterocycles. The molecule has 3 atom stereocenters. The molecule has 7 heteroatoms. The van der Waals surface area contributed by atoms with Crippen LogP contribution in [0.3, 0.4) is 0 Å². The Bertz CT molecular complexity index is 817. The predicted molar refractivity (Wildman–Crippen MR) is 142 cm³/mol. The van der Waals surface area contributed by atoms with Gasteiger partial charge in [-0.05, 0) is 75.6 Å². The van der Waals surface area contributed by atoms with Crippen molar-refractivity contribution in [2.24, 2.45) is 11.8 Å². The summed E-state index contributed by atoms with van der Waals surface area (Å²) in [5.74, 6) is 0.228. The van der Waals surface area contributed by atoms with Gasteiger partial charge in [-0.2, -0.15) is 0 Å². The van der Waals surface area contributed by atoms with Crippen molar-refractivity contribution < 1.29 is 19.0 Å². The zero-order valence-corrected chi connectivity index (χ0v) is 22.7. The maximum absolute atomic E-state index is 14.5. The van der Waals surface area contributed by atoms with Crippen molar-refractivity contribution >= 4 is 6.03 Å². The van der Waals surface area contributed by atoms with E-state index in [-0.39, 0.29) is 23.8 Å². The molecule has 3 rings (SSSR count). The van der Waals surface area contributed by atoms with Crippen molar-refractivity contribution in [2.75, 3.05) is 40.4 Å². The number of carbonyl (C=O) groups is 1. The molecule has 1 aromatic carbocycles. The lowest BCUT2D eigenvalue weighted by Gasteiger charge is -2.43. The van der Waals surface area contributed by atoms with E-state index in [0.717, 1.165) is 38.6 Å². The number of piperidine rings is 1. The molecular formula is C29H48FN3O3. The number of halogens is 1. The number of unbranched alkanes of at least 4 members (excludes halogenated alkanes) is 1. The fraction of sp³-hybridized carbons (Fsp3) is 0.759. The van der Waals surface area contributed by atoms with E-state index in [4.69, 9.17) is 4.74 Å². The number of ether oxygens (including phenoxy) is 1. The van der Waals surface area contributed by atoms with Crippen LogP contribution in [0.2, 0.25) is 0 Å². The zero-order chi connectivity index (χ0) is 26.0. The van der Waals surface area contributed by atoms with Gasteiger partial charge in [0.25, 0.3) is 0 Å². The SMILES string of the molecule is CNCC(CC1CCCCC1)NC(=O)N1CCC[C@@H]([C@](O)(CCCCOC)c2cccc(F)c2C)C1. The molecule has 0 radical (unpaired) electrons. The van der Waals surface area contributed by atoms with Crippen molar-refractivity contribution in [3.63, 3.8) is 0 Å². The Morgan fingerprint density at radius 3 is 2.72 bits per heavy atom. The Morgan fingerprint density at radius 1 is 1.22 bits per heavy atom. The smallest absolute Gasteiger partial charge is 0.317 e. The summed E-state index contributed by atoms with van der Waals surface area (Å²) in [6.45, 7) is 4.28. The van der Waals surface area contributed by atoms with Crippen molar-refractivity contribution in [3.05, 3.63) is 35.1 Å². The van der Waals surface area contributed by atoms with Gasteiger partial charge in [-0.1, -0.05) is 44.2 Å². The Kier molecular flexibility index (Phi) is 11.5. The summed E-state index contributed by atoms with van der Waals surface area (Å²) in [5.41, 5.74) is -0.0434. The first-order valence-electron chi connectivity index (χ1n) is 14.1. The maximum atomic E-state index is 14.5. The predicted octanol–water partition coefficient (Wildman–Crippen LogP) is 5.12. The van der Waals surface area contributed by atoms with E-state index in [2.05, 4.69) is 10.6 Å². The summed E-state index contributed by atoms with van der Waals surface area (Å²) in [6, 6.07) is 5.02. The third-order valence-corrected chi connectivity index (χ3v) is 8.40. The largest absolute Gasteiger partial charge is 0.385 e. The molecule has 2 aliphatic rings. The summed E-state index contributed by atoms with van der Waals surface area (Å²) in [7, 11) is 3.61. The monoisotopic (exact) mass is 505 g/mol. The van der Waals surface area contributed by atoms with E-state index in [0.29, 0.717) is 43.2 Å². The molecule has 2 amide bonds. The lowest BCUT2D eigenvalue weighted by molar-refractivity contribution is -0.0570. The Labute approximate surface area is 217 Å². The third-order valence-electron chi connectivity index (χ3n) is 8.40. The molecule has 36 heavy (non-hydrogen) atoms. The van der Waals surface area contributed by atoms with Crippen molar-refractivity contribution in [1.29, 1.82) is 0 Å². The number of hydrogen-bond donors (Lipinski definition) is 3. The molecule has 1 aliphatic heterocycles. The number of benzene rings is 1. The second-order valence-electron chi connectivity index (χ2n) is 11.0. The van der Waals surface area contributed by atoms with Crippen LogP contribution >= 0.6 is 0 Å². The van der Waals surface area contributed by atoms with Gasteiger partial charge in [0.2, 0.25) is 0 Å². The lowest BCUT2D eigenvalue weighted by Crippen LogP contribution is -2.54. The van der Waals surface area contributed by atoms with Gasteiger partial charge < -0.3 is 25.4 Å². The van der Waals surface area contributed by atoms with E-state index in [1.165, 1.54) is 38.2 Å². The van der Waals surface area contributed by atoms with Crippen LogP contribution < -0.4 is 10.6 Å². The quantitative estimate of drug-likeness (QED) is 0.345. The van der Waals surface area contributed by atoms with Crippen molar-refractivity contribution in [3.8, 4) is 0 Å². The van der Waals surface area contributed by atoms with Crippen LogP contribution in [0.15, 0.2) is 18.2 Å². The molecule has 1 saturated heterocycles. The average molecular weight is 506 g/mol. The molecule has 0 spiro atoms. The number of nitrogens with zero attached hydrogens (tertiary/aromatic N) is 1. The van der Waals surface area contributed by atoms with Crippen LogP contribution in [0.5, 0.6) is 0 Å². The fourth-order valence-corrected chi connectivity index (χ4v) is 6.36. The number of urea groups is 1. The molecular weight excluding hydrogens is 457 g/mol. The van der Waals surface area contributed by atoms with Crippen LogP contribution in [0.25, 0.3) is 0 Å². The van der Waals surface area contributed by atoms with Gasteiger partial charge in [0, 0.05) is 45.3 Å². The molecule has 204 valence electrons. The second kappa shape index (κ2) is 14.3. The van der Waals surface area contributed by atoms with E-state index < -0.39 is 5.60 Å². The molecule has 1 unspecified atom stereocenters. The Balaban J connectivity index is 1.72. The first-order chi connectivity index (χ1) is 17.4.